The van der Waals surface area contributed by atoms with Crippen LogP contribution in [0.25, 0.3) is 0 Å². The number of carbonyl (C=O) groups is 1. The van der Waals surface area contributed by atoms with Crippen molar-refractivity contribution in [2.45, 2.75) is 37.5 Å². The summed E-state index contributed by atoms with van der Waals surface area (Å²) in [5, 5.41) is 3.46. The first-order chi connectivity index (χ1) is 14.9. The molecule has 0 bridgehead atoms. The van der Waals surface area contributed by atoms with Gasteiger partial charge in [-0.15, -0.1) is 0 Å². The smallest absolute Gasteiger partial charge is 0.243 e. The third-order valence-corrected chi connectivity index (χ3v) is 7.51. The number of amides is 1. The molecule has 0 aliphatic carbocycles. The van der Waals surface area contributed by atoms with E-state index in [1.165, 1.54) is 22.0 Å². The lowest BCUT2D eigenvalue weighted by Gasteiger charge is -2.31. The van der Waals surface area contributed by atoms with Gasteiger partial charge in [0.2, 0.25) is 15.9 Å². The molecular formula is C23H29ClN2O4S. The Hall–Kier alpha value is -2.09. The zero-order valence-electron chi connectivity index (χ0n) is 17.7. The van der Waals surface area contributed by atoms with Gasteiger partial charge in [0.15, 0.2) is 0 Å². The van der Waals surface area contributed by atoms with E-state index in [0.717, 1.165) is 18.6 Å². The van der Waals surface area contributed by atoms with Crippen LogP contribution in [0.15, 0.2) is 53.4 Å². The van der Waals surface area contributed by atoms with Gasteiger partial charge in [-0.2, -0.15) is 4.31 Å². The van der Waals surface area contributed by atoms with E-state index in [0.29, 0.717) is 37.6 Å². The van der Waals surface area contributed by atoms with Gasteiger partial charge in [-0.3, -0.25) is 4.79 Å². The number of piperidine rings is 1. The van der Waals surface area contributed by atoms with E-state index < -0.39 is 10.0 Å². The van der Waals surface area contributed by atoms with E-state index in [1.54, 1.807) is 12.1 Å². The Balaban J connectivity index is 1.47. The monoisotopic (exact) mass is 464 g/mol. The number of nitrogens with one attached hydrogen (secondary N) is 1. The Morgan fingerprint density at radius 3 is 2.55 bits per heavy atom. The molecule has 1 N–H and O–H groups in total. The second-order valence-corrected chi connectivity index (χ2v) is 10.0. The standard InChI is InChI=1S/C23H29ClN2O4S/c1-2-30-21-11-7-18(8-12-21)5-3-15-25-23(27)19-6-4-16-26(17-19)31(28,29)22-13-9-20(24)10-14-22/h7-14,19H,2-6,15-17H2,1H3,(H,25,27)/t19-/m0/s1. The van der Waals surface area contributed by atoms with E-state index in [1.807, 2.05) is 31.2 Å². The quantitative estimate of drug-likeness (QED) is 0.571. The highest BCUT2D eigenvalue weighted by atomic mass is 35.5. The number of hydrogen-bond donors (Lipinski definition) is 1. The molecule has 1 amide bonds. The van der Waals surface area contributed by atoms with Gasteiger partial charge in [-0.25, -0.2) is 8.42 Å². The summed E-state index contributed by atoms with van der Waals surface area (Å²) < 4.78 is 32.6. The molecule has 0 saturated carbocycles. The summed E-state index contributed by atoms with van der Waals surface area (Å²) >= 11 is 5.86. The summed E-state index contributed by atoms with van der Waals surface area (Å²) in [5.74, 6) is 0.443. The maximum atomic E-state index is 12.9. The van der Waals surface area contributed by atoms with Crippen LogP contribution >= 0.6 is 11.6 Å². The molecule has 0 spiro atoms. The van der Waals surface area contributed by atoms with Crippen molar-refractivity contribution in [2.75, 3.05) is 26.2 Å². The van der Waals surface area contributed by atoms with Crippen LogP contribution in [-0.4, -0.2) is 44.9 Å². The maximum Gasteiger partial charge on any atom is 0.243 e. The molecular weight excluding hydrogens is 436 g/mol. The first-order valence-corrected chi connectivity index (χ1v) is 12.5. The largest absolute Gasteiger partial charge is 0.494 e. The normalized spacial score (nSPS) is 17.3. The number of hydrogen-bond acceptors (Lipinski definition) is 4. The molecule has 1 aliphatic heterocycles. The van der Waals surface area contributed by atoms with E-state index in [2.05, 4.69) is 5.32 Å². The highest BCUT2D eigenvalue weighted by Gasteiger charge is 2.33. The Kier molecular flexibility index (Phi) is 8.35. The third-order valence-electron chi connectivity index (χ3n) is 5.38. The number of aryl methyl sites for hydroxylation is 1. The van der Waals surface area contributed by atoms with Crippen molar-refractivity contribution in [3.05, 3.63) is 59.1 Å². The lowest BCUT2D eigenvalue weighted by molar-refractivity contribution is -0.126. The van der Waals surface area contributed by atoms with E-state index in [4.69, 9.17) is 16.3 Å². The molecule has 6 nitrogen and oxygen atoms in total. The van der Waals surface area contributed by atoms with Crippen molar-refractivity contribution in [1.82, 2.24) is 9.62 Å². The second kappa shape index (κ2) is 11.0. The summed E-state index contributed by atoms with van der Waals surface area (Å²) in [6.45, 7) is 3.79. The number of halogens is 1. The van der Waals surface area contributed by atoms with E-state index in [9.17, 15) is 13.2 Å². The van der Waals surface area contributed by atoms with Crippen molar-refractivity contribution in [3.8, 4) is 5.75 Å². The molecule has 1 heterocycles. The fourth-order valence-corrected chi connectivity index (χ4v) is 5.35. The number of carbonyl (C=O) groups excluding carboxylic acids is 1. The Morgan fingerprint density at radius 1 is 1.16 bits per heavy atom. The number of benzene rings is 2. The Labute approximate surface area is 189 Å². The Bertz CT molecular complexity index is 962. The first kappa shape index (κ1) is 23.6. The summed E-state index contributed by atoms with van der Waals surface area (Å²) in [7, 11) is -3.63. The van der Waals surface area contributed by atoms with Gasteiger partial charge < -0.3 is 10.1 Å². The van der Waals surface area contributed by atoms with E-state index in [-0.39, 0.29) is 23.3 Å². The highest BCUT2D eigenvalue weighted by Crippen LogP contribution is 2.25. The van der Waals surface area contributed by atoms with Gasteiger partial charge in [-0.05, 0) is 74.6 Å². The zero-order valence-corrected chi connectivity index (χ0v) is 19.3. The summed E-state index contributed by atoms with van der Waals surface area (Å²) in [5.41, 5.74) is 1.19. The summed E-state index contributed by atoms with van der Waals surface area (Å²) in [4.78, 5) is 12.8. The SMILES string of the molecule is CCOc1ccc(CCCNC(=O)[C@H]2CCCN(S(=O)(=O)c3ccc(Cl)cc3)C2)cc1. The van der Waals surface area contributed by atoms with Crippen LogP contribution in [-0.2, 0) is 21.2 Å². The van der Waals surface area contributed by atoms with Gasteiger partial charge in [0.25, 0.3) is 0 Å². The predicted molar refractivity (Wildman–Crippen MR) is 122 cm³/mol. The van der Waals surface area contributed by atoms with Crippen LogP contribution in [0.4, 0.5) is 0 Å². The second-order valence-electron chi connectivity index (χ2n) is 7.63. The molecule has 8 heteroatoms. The van der Waals surface area contributed by atoms with Gasteiger partial charge >= 0.3 is 0 Å². The molecule has 0 unspecified atom stereocenters. The van der Waals surface area contributed by atoms with Gasteiger partial charge in [-0.1, -0.05) is 23.7 Å². The fraction of sp³-hybridized carbons (Fsp3) is 0.435. The van der Waals surface area contributed by atoms with Crippen LogP contribution in [0.3, 0.4) is 0 Å². The number of nitrogens with zero attached hydrogens (tertiary/aromatic N) is 1. The fourth-order valence-electron chi connectivity index (χ4n) is 3.70. The maximum absolute atomic E-state index is 12.9. The van der Waals surface area contributed by atoms with Crippen molar-refractivity contribution in [1.29, 1.82) is 0 Å². The topological polar surface area (TPSA) is 75.7 Å². The molecule has 1 atom stereocenters. The van der Waals surface area contributed by atoms with Gasteiger partial charge in [0, 0.05) is 24.7 Å². The van der Waals surface area contributed by atoms with Crippen LogP contribution < -0.4 is 10.1 Å². The molecule has 0 aromatic heterocycles. The lowest BCUT2D eigenvalue weighted by Crippen LogP contribution is -2.45. The number of ether oxygens (including phenoxy) is 1. The minimum atomic E-state index is -3.63. The molecule has 2 aromatic carbocycles. The first-order valence-electron chi connectivity index (χ1n) is 10.7. The Morgan fingerprint density at radius 2 is 1.87 bits per heavy atom. The number of rotatable bonds is 9. The molecule has 1 fully saturated rings. The molecule has 0 radical (unpaired) electrons. The summed E-state index contributed by atoms with van der Waals surface area (Å²) in [6, 6.07) is 14.1. The predicted octanol–water partition coefficient (Wildman–Crippen LogP) is 3.89. The van der Waals surface area contributed by atoms with Crippen molar-refractivity contribution in [2.24, 2.45) is 5.92 Å². The minimum absolute atomic E-state index is 0.0808. The molecule has 1 aliphatic rings. The van der Waals surface area contributed by atoms with Gasteiger partial charge in [0.05, 0.1) is 17.4 Å². The van der Waals surface area contributed by atoms with Crippen LogP contribution in [0.1, 0.15) is 31.7 Å². The molecule has 1 saturated heterocycles. The number of sulfonamides is 1. The lowest BCUT2D eigenvalue weighted by atomic mass is 9.99. The molecule has 3 rings (SSSR count). The minimum Gasteiger partial charge on any atom is -0.494 e. The molecule has 2 aromatic rings. The zero-order chi connectivity index (χ0) is 22.3. The van der Waals surface area contributed by atoms with E-state index >= 15 is 0 Å². The average molecular weight is 465 g/mol. The molecule has 31 heavy (non-hydrogen) atoms. The van der Waals surface area contributed by atoms with Crippen LogP contribution in [0.5, 0.6) is 5.75 Å². The average Bonchev–Trinajstić information content (AvgIpc) is 2.78. The van der Waals surface area contributed by atoms with Crippen molar-refractivity contribution in [3.63, 3.8) is 0 Å². The van der Waals surface area contributed by atoms with Crippen molar-refractivity contribution >= 4 is 27.5 Å². The van der Waals surface area contributed by atoms with Crippen LogP contribution in [0.2, 0.25) is 5.02 Å². The van der Waals surface area contributed by atoms with Crippen molar-refractivity contribution < 1.29 is 17.9 Å². The highest BCUT2D eigenvalue weighted by molar-refractivity contribution is 7.89. The van der Waals surface area contributed by atoms with Crippen LogP contribution in [0, 0.1) is 5.92 Å². The molecule has 168 valence electrons. The summed E-state index contributed by atoms with van der Waals surface area (Å²) in [6.07, 6.45) is 3.03. The third kappa shape index (κ3) is 6.45. The van der Waals surface area contributed by atoms with Gasteiger partial charge in [0.1, 0.15) is 5.75 Å².